The average molecular weight is 248 g/mol. The van der Waals surface area contributed by atoms with Gasteiger partial charge in [-0.3, -0.25) is 10.1 Å². The quantitative estimate of drug-likeness (QED) is 0.485. The fourth-order valence-electron chi connectivity index (χ4n) is 2.13. The lowest BCUT2D eigenvalue weighted by Crippen LogP contribution is -1.97. The zero-order valence-corrected chi connectivity index (χ0v) is 10.1. The summed E-state index contributed by atoms with van der Waals surface area (Å²) in [5, 5.41) is 20.3. The third-order valence-electron chi connectivity index (χ3n) is 3.04. The van der Waals surface area contributed by atoms with Crippen LogP contribution in [0.5, 0.6) is 0 Å². The number of unbranched alkanes of at least 4 members (excludes halogenated alkanes) is 2. The van der Waals surface area contributed by atoms with Crippen LogP contribution < -0.4 is 0 Å². The van der Waals surface area contributed by atoms with Gasteiger partial charge in [-0.15, -0.1) is 0 Å². The number of non-ortho nitro benzene ring substituents is 1. The van der Waals surface area contributed by atoms with E-state index in [2.05, 4.69) is 0 Å². The normalized spacial score (nSPS) is 10.9. The van der Waals surface area contributed by atoms with E-state index in [-0.39, 0.29) is 17.2 Å². The fourth-order valence-corrected chi connectivity index (χ4v) is 2.13. The van der Waals surface area contributed by atoms with Gasteiger partial charge in [0.05, 0.1) is 15.8 Å². The number of hydrogen-bond acceptors (Lipinski definition) is 3. The average Bonchev–Trinajstić information content (AvgIpc) is 2.77. The molecular formula is C13H16N2O3. The van der Waals surface area contributed by atoms with Gasteiger partial charge >= 0.3 is 0 Å². The molecular weight excluding hydrogens is 232 g/mol. The highest BCUT2D eigenvalue weighted by Crippen LogP contribution is 2.26. The van der Waals surface area contributed by atoms with Gasteiger partial charge in [0.15, 0.2) is 0 Å². The van der Waals surface area contributed by atoms with E-state index in [0.717, 1.165) is 31.3 Å². The van der Waals surface area contributed by atoms with Gasteiger partial charge in [-0.1, -0.05) is 6.07 Å². The minimum Gasteiger partial charge on any atom is -0.396 e. The molecule has 0 aliphatic carbocycles. The number of rotatable bonds is 6. The molecule has 1 aromatic carbocycles. The highest BCUT2D eigenvalue weighted by atomic mass is 16.6. The lowest BCUT2D eigenvalue weighted by molar-refractivity contribution is -0.383. The van der Waals surface area contributed by atoms with E-state index in [1.54, 1.807) is 12.1 Å². The van der Waals surface area contributed by atoms with Crippen LogP contribution in [0.4, 0.5) is 5.69 Å². The highest BCUT2D eigenvalue weighted by molar-refractivity contribution is 5.89. The van der Waals surface area contributed by atoms with Crippen LogP contribution in [0.15, 0.2) is 30.5 Å². The van der Waals surface area contributed by atoms with Crippen molar-refractivity contribution < 1.29 is 10.0 Å². The van der Waals surface area contributed by atoms with Crippen LogP contribution in [0.2, 0.25) is 0 Å². The summed E-state index contributed by atoms with van der Waals surface area (Å²) in [7, 11) is 0. The molecule has 0 amide bonds. The second-order valence-corrected chi connectivity index (χ2v) is 4.26. The van der Waals surface area contributed by atoms with Crippen LogP contribution in [-0.2, 0) is 6.54 Å². The van der Waals surface area contributed by atoms with Crippen molar-refractivity contribution in [3.05, 3.63) is 40.6 Å². The van der Waals surface area contributed by atoms with E-state index in [9.17, 15) is 10.1 Å². The minimum atomic E-state index is -0.349. The van der Waals surface area contributed by atoms with Gasteiger partial charge in [-0.25, -0.2) is 0 Å². The summed E-state index contributed by atoms with van der Waals surface area (Å²) in [6, 6.07) is 6.93. The number of aryl methyl sites for hydroxylation is 1. The number of aromatic nitrogens is 1. The molecule has 0 bridgehead atoms. The highest BCUT2D eigenvalue weighted by Gasteiger charge is 2.13. The molecule has 0 spiro atoms. The van der Waals surface area contributed by atoms with Crippen molar-refractivity contribution in [1.82, 2.24) is 4.57 Å². The smallest absolute Gasteiger partial charge is 0.278 e. The number of benzene rings is 1. The minimum absolute atomic E-state index is 0.154. The van der Waals surface area contributed by atoms with E-state index in [4.69, 9.17) is 5.11 Å². The molecule has 0 saturated heterocycles. The number of nitro groups is 1. The maximum atomic E-state index is 10.9. The number of nitrogens with zero attached hydrogens (tertiary/aromatic N) is 2. The molecule has 2 aromatic rings. The van der Waals surface area contributed by atoms with Crippen LogP contribution in [-0.4, -0.2) is 21.2 Å². The Hall–Kier alpha value is -1.88. The van der Waals surface area contributed by atoms with Crippen LogP contribution in [0.3, 0.4) is 0 Å². The molecule has 96 valence electrons. The topological polar surface area (TPSA) is 68.3 Å². The monoisotopic (exact) mass is 248 g/mol. The number of aliphatic hydroxyl groups excluding tert-OH is 1. The predicted octanol–water partition coefficient (Wildman–Crippen LogP) is 2.71. The van der Waals surface area contributed by atoms with Crippen LogP contribution >= 0.6 is 0 Å². The van der Waals surface area contributed by atoms with Crippen molar-refractivity contribution in [1.29, 1.82) is 0 Å². The van der Waals surface area contributed by atoms with E-state index in [1.165, 1.54) is 6.07 Å². The van der Waals surface area contributed by atoms with E-state index in [1.807, 2.05) is 16.8 Å². The standard InChI is InChI=1S/C13H16N2O3/c16-10-3-1-2-8-14-9-7-11-12(14)5-4-6-13(11)15(17)18/h4-7,9,16H,1-3,8,10H2. The fraction of sp³-hybridized carbons (Fsp3) is 0.385. The molecule has 5 heteroatoms. The van der Waals surface area contributed by atoms with Crippen LogP contribution in [0.25, 0.3) is 10.9 Å². The van der Waals surface area contributed by atoms with Gasteiger partial charge in [0.2, 0.25) is 0 Å². The number of fused-ring (bicyclic) bond motifs is 1. The summed E-state index contributed by atoms with van der Waals surface area (Å²) < 4.78 is 2.03. The molecule has 1 heterocycles. The molecule has 0 unspecified atom stereocenters. The third-order valence-corrected chi connectivity index (χ3v) is 3.04. The van der Waals surface area contributed by atoms with Crippen molar-refractivity contribution in [2.45, 2.75) is 25.8 Å². The molecule has 18 heavy (non-hydrogen) atoms. The van der Waals surface area contributed by atoms with Gasteiger partial charge < -0.3 is 9.67 Å². The molecule has 0 fully saturated rings. The second-order valence-electron chi connectivity index (χ2n) is 4.26. The van der Waals surface area contributed by atoms with Crippen LogP contribution in [0, 0.1) is 10.1 Å². The first-order chi connectivity index (χ1) is 8.74. The largest absolute Gasteiger partial charge is 0.396 e. The second kappa shape index (κ2) is 5.64. The molecule has 0 aliphatic rings. The molecule has 5 nitrogen and oxygen atoms in total. The number of nitro benzene ring substituents is 1. The van der Waals surface area contributed by atoms with E-state index >= 15 is 0 Å². The summed E-state index contributed by atoms with van der Waals surface area (Å²) in [5.74, 6) is 0. The molecule has 0 radical (unpaired) electrons. The number of aliphatic hydroxyl groups is 1. The zero-order chi connectivity index (χ0) is 13.0. The summed E-state index contributed by atoms with van der Waals surface area (Å²) in [5.41, 5.74) is 1.05. The van der Waals surface area contributed by atoms with Crippen molar-refractivity contribution in [3.8, 4) is 0 Å². The Kier molecular flexibility index (Phi) is 3.94. The summed E-state index contributed by atoms with van der Waals surface area (Å²) in [6.07, 6.45) is 4.62. The van der Waals surface area contributed by atoms with Crippen molar-refractivity contribution in [2.75, 3.05) is 6.61 Å². The maximum absolute atomic E-state index is 10.9. The lowest BCUT2D eigenvalue weighted by Gasteiger charge is -2.04. The summed E-state index contributed by atoms with van der Waals surface area (Å²) in [4.78, 5) is 10.5. The van der Waals surface area contributed by atoms with Crippen molar-refractivity contribution >= 4 is 16.6 Å². The van der Waals surface area contributed by atoms with E-state index < -0.39 is 0 Å². The molecule has 0 aliphatic heterocycles. The molecule has 1 N–H and O–H groups in total. The van der Waals surface area contributed by atoms with Gasteiger partial charge in [0.25, 0.3) is 5.69 Å². The Morgan fingerprint density at radius 2 is 2.06 bits per heavy atom. The maximum Gasteiger partial charge on any atom is 0.278 e. The first-order valence-corrected chi connectivity index (χ1v) is 6.07. The Morgan fingerprint density at radius 3 is 2.78 bits per heavy atom. The first-order valence-electron chi connectivity index (χ1n) is 6.07. The van der Waals surface area contributed by atoms with Crippen molar-refractivity contribution in [2.24, 2.45) is 0 Å². The summed E-state index contributed by atoms with van der Waals surface area (Å²) in [6.45, 7) is 1.04. The Bertz CT molecular complexity index is 548. The molecule has 1 aromatic heterocycles. The van der Waals surface area contributed by atoms with Gasteiger partial charge in [-0.05, 0) is 31.4 Å². The third kappa shape index (κ3) is 2.51. The summed E-state index contributed by atoms with van der Waals surface area (Å²) >= 11 is 0. The Labute approximate surface area is 105 Å². The Morgan fingerprint density at radius 1 is 1.22 bits per heavy atom. The lowest BCUT2D eigenvalue weighted by atomic mass is 10.2. The first kappa shape index (κ1) is 12.6. The zero-order valence-electron chi connectivity index (χ0n) is 10.1. The SMILES string of the molecule is O=[N+]([O-])c1cccc2c1ccn2CCCCCO. The molecule has 0 atom stereocenters. The molecule has 0 saturated carbocycles. The number of hydrogen-bond donors (Lipinski definition) is 1. The van der Waals surface area contributed by atoms with E-state index in [0.29, 0.717) is 5.39 Å². The van der Waals surface area contributed by atoms with Gasteiger partial charge in [0, 0.05) is 25.4 Å². The predicted molar refractivity (Wildman–Crippen MR) is 69.5 cm³/mol. The van der Waals surface area contributed by atoms with Gasteiger partial charge in [-0.2, -0.15) is 0 Å². The Balaban J connectivity index is 2.20. The van der Waals surface area contributed by atoms with Crippen molar-refractivity contribution in [3.63, 3.8) is 0 Å². The van der Waals surface area contributed by atoms with Gasteiger partial charge in [0.1, 0.15) is 0 Å². The van der Waals surface area contributed by atoms with Crippen LogP contribution in [0.1, 0.15) is 19.3 Å². The molecule has 2 rings (SSSR count).